The van der Waals surface area contributed by atoms with Crippen molar-refractivity contribution in [2.24, 2.45) is 0 Å². The van der Waals surface area contributed by atoms with Gasteiger partial charge in [0.25, 0.3) is 0 Å². The maximum Gasteiger partial charge on any atom is 0.233 e. The fourth-order valence-electron chi connectivity index (χ4n) is 4.17. The Morgan fingerprint density at radius 2 is 2.13 bits per heavy atom. The van der Waals surface area contributed by atoms with E-state index in [9.17, 15) is 4.79 Å². The van der Waals surface area contributed by atoms with E-state index in [2.05, 4.69) is 10.3 Å². The monoisotopic (exact) mass is 426 g/mol. The molecule has 31 heavy (non-hydrogen) atoms. The third-order valence-corrected chi connectivity index (χ3v) is 5.94. The number of anilines is 1. The molecule has 3 aromatic heterocycles. The summed E-state index contributed by atoms with van der Waals surface area (Å²) in [6.07, 6.45) is 4.02. The van der Waals surface area contributed by atoms with E-state index in [1.165, 1.54) is 6.92 Å². The maximum absolute atomic E-state index is 15.3. The highest BCUT2D eigenvalue weighted by molar-refractivity contribution is 5.98. The van der Waals surface area contributed by atoms with Gasteiger partial charge >= 0.3 is 0 Å². The fraction of sp³-hybridized carbons (Fsp3) is 0.409. The van der Waals surface area contributed by atoms with Gasteiger partial charge in [-0.1, -0.05) is 6.07 Å². The zero-order valence-electron chi connectivity index (χ0n) is 17.4. The number of hydrogen-bond acceptors (Lipinski definition) is 6. The molecule has 0 saturated carbocycles. The van der Waals surface area contributed by atoms with Crippen LogP contribution >= 0.6 is 0 Å². The second-order valence-corrected chi connectivity index (χ2v) is 8.00. The molecule has 8 nitrogen and oxygen atoms in total. The van der Waals surface area contributed by atoms with Crippen LogP contribution < -0.4 is 5.32 Å². The minimum absolute atomic E-state index is 0.0265. The van der Waals surface area contributed by atoms with Crippen LogP contribution in [-0.4, -0.2) is 54.0 Å². The summed E-state index contributed by atoms with van der Waals surface area (Å²) < 4.78 is 33.4. The molecule has 0 aliphatic carbocycles. The number of aromatic nitrogens is 3. The van der Waals surface area contributed by atoms with Crippen LogP contribution in [0.2, 0.25) is 0 Å². The van der Waals surface area contributed by atoms with Crippen LogP contribution in [0, 0.1) is 0 Å². The highest BCUT2D eigenvalue weighted by Crippen LogP contribution is 2.39. The minimum atomic E-state index is -1.64. The van der Waals surface area contributed by atoms with Gasteiger partial charge in [0.1, 0.15) is 24.6 Å². The molecule has 1 atom stereocenters. The second kappa shape index (κ2) is 7.37. The molecular weight excluding hydrogens is 403 g/mol. The number of halogens is 1. The number of nitrogens with zero attached hydrogens (tertiary/aromatic N) is 3. The van der Waals surface area contributed by atoms with Crippen molar-refractivity contribution in [3.8, 4) is 11.3 Å². The largest absolute Gasteiger partial charge is 0.378 e. The number of alkyl halides is 1. The Kier molecular flexibility index (Phi) is 4.76. The van der Waals surface area contributed by atoms with Crippen LogP contribution in [0.3, 0.4) is 0 Å². The highest BCUT2D eigenvalue weighted by atomic mass is 19.1. The van der Waals surface area contributed by atoms with Crippen LogP contribution in [-0.2, 0) is 30.4 Å². The summed E-state index contributed by atoms with van der Waals surface area (Å²) in [5.41, 5.74) is 2.19. The molecule has 3 aromatic rings. The standard InChI is InChI=1S/C22H23FN4O4/c1-14(28)25-20-8-15-16(10-27(18(15)9-24-20)22(23)12-31-13-22)17-4-3-5-19(26-17)21(29-2)6-7-30-11-21/h3-5,8-10H,6-7,11-13H2,1-2H3,(H,24,25,28)/t21-/m0/s1. The van der Waals surface area contributed by atoms with Crippen molar-refractivity contribution in [2.75, 3.05) is 38.9 Å². The van der Waals surface area contributed by atoms with E-state index in [4.69, 9.17) is 19.2 Å². The Morgan fingerprint density at radius 1 is 1.29 bits per heavy atom. The quantitative estimate of drug-likeness (QED) is 0.675. The first kappa shape index (κ1) is 20.0. The first-order valence-electron chi connectivity index (χ1n) is 10.1. The van der Waals surface area contributed by atoms with E-state index in [0.717, 1.165) is 16.6 Å². The summed E-state index contributed by atoms with van der Waals surface area (Å²) in [5, 5.41) is 3.43. The lowest BCUT2D eigenvalue weighted by molar-refractivity contribution is -0.177. The average molecular weight is 426 g/mol. The van der Waals surface area contributed by atoms with Crippen LogP contribution in [0.5, 0.6) is 0 Å². The highest BCUT2D eigenvalue weighted by Gasteiger charge is 2.42. The SMILES string of the molecule is CO[C@@]1(c2cccc(-c3cn(C4(F)COC4)c4cnc(NC(C)=O)cc34)n2)CCOC1. The van der Waals surface area contributed by atoms with Crippen LogP contribution in [0.15, 0.2) is 36.7 Å². The smallest absolute Gasteiger partial charge is 0.233 e. The summed E-state index contributed by atoms with van der Waals surface area (Å²) in [4.78, 5) is 20.7. The normalized spacial score (nSPS) is 22.4. The Balaban J connectivity index is 1.67. The molecule has 0 radical (unpaired) electrons. The van der Waals surface area contributed by atoms with E-state index < -0.39 is 11.4 Å². The van der Waals surface area contributed by atoms with Gasteiger partial charge < -0.3 is 24.1 Å². The first-order valence-corrected chi connectivity index (χ1v) is 10.1. The number of rotatable bonds is 5. The number of amides is 1. The summed E-state index contributed by atoms with van der Waals surface area (Å²) in [6.45, 7) is 2.40. The molecule has 162 valence electrons. The van der Waals surface area contributed by atoms with Gasteiger partial charge in [0.05, 0.1) is 29.7 Å². The van der Waals surface area contributed by atoms with E-state index in [1.54, 1.807) is 30.1 Å². The number of ether oxygens (including phenoxy) is 3. The Hall–Kier alpha value is -2.88. The lowest BCUT2D eigenvalue weighted by Gasteiger charge is -2.35. The van der Waals surface area contributed by atoms with Crippen LogP contribution in [0.1, 0.15) is 19.0 Å². The lowest BCUT2D eigenvalue weighted by Crippen LogP contribution is -2.47. The minimum Gasteiger partial charge on any atom is -0.378 e. The molecular formula is C22H23FN4O4. The van der Waals surface area contributed by atoms with Crippen molar-refractivity contribution in [3.05, 3.63) is 42.4 Å². The van der Waals surface area contributed by atoms with Crippen LogP contribution in [0.25, 0.3) is 22.2 Å². The molecule has 5 heterocycles. The third kappa shape index (κ3) is 3.29. The van der Waals surface area contributed by atoms with Crippen molar-refractivity contribution < 1.29 is 23.4 Å². The Bertz CT molecular complexity index is 1150. The van der Waals surface area contributed by atoms with E-state index in [1.807, 2.05) is 18.2 Å². The van der Waals surface area contributed by atoms with Crippen molar-refractivity contribution in [3.63, 3.8) is 0 Å². The molecule has 2 fully saturated rings. The molecule has 0 aromatic carbocycles. The maximum atomic E-state index is 15.3. The zero-order valence-corrected chi connectivity index (χ0v) is 17.4. The summed E-state index contributed by atoms with van der Waals surface area (Å²) in [5.74, 6) is -1.48. The lowest BCUT2D eigenvalue weighted by atomic mass is 9.97. The molecule has 0 unspecified atom stereocenters. The van der Waals surface area contributed by atoms with E-state index >= 15 is 4.39 Å². The van der Waals surface area contributed by atoms with Crippen molar-refractivity contribution in [2.45, 2.75) is 24.7 Å². The predicted molar refractivity (Wildman–Crippen MR) is 111 cm³/mol. The molecule has 2 saturated heterocycles. The molecule has 2 aliphatic heterocycles. The first-order chi connectivity index (χ1) is 14.9. The fourth-order valence-corrected chi connectivity index (χ4v) is 4.17. The van der Waals surface area contributed by atoms with Crippen molar-refractivity contribution in [1.29, 1.82) is 0 Å². The van der Waals surface area contributed by atoms with Gasteiger partial charge in [-0.3, -0.25) is 4.79 Å². The zero-order chi connectivity index (χ0) is 21.6. The van der Waals surface area contributed by atoms with Crippen molar-refractivity contribution in [1.82, 2.24) is 14.5 Å². The predicted octanol–water partition coefficient (Wildman–Crippen LogP) is 2.97. The molecule has 5 rings (SSSR count). The molecule has 2 aliphatic rings. The van der Waals surface area contributed by atoms with Crippen LogP contribution in [0.4, 0.5) is 10.2 Å². The van der Waals surface area contributed by atoms with Crippen molar-refractivity contribution >= 4 is 22.6 Å². The number of carbonyl (C=O) groups excluding carboxylic acids is 1. The average Bonchev–Trinajstić information content (AvgIpc) is 3.37. The van der Waals surface area contributed by atoms with Gasteiger partial charge in [-0.2, -0.15) is 0 Å². The topological polar surface area (TPSA) is 87.5 Å². The number of carbonyl (C=O) groups is 1. The van der Waals surface area contributed by atoms with Gasteiger partial charge in [-0.15, -0.1) is 0 Å². The Labute approximate surface area is 178 Å². The van der Waals surface area contributed by atoms with E-state index in [-0.39, 0.29) is 19.1 Å². The molecule has 0 bridgehead atoms. The van der Waals surface area contributed by atoms with E-state index in [0.29, 0.717) is 36.7 Å². The van der Waals surface area contributed by atoms with Gasteiger partial charge in [0.15, 0.2) is 0 Å². The number of pyridine rings is 2. The van der Waals surface area contributed by atoms with Gasteiger partial charge in [0.2, 0.25) is 11.7 Å². The number of hydrogen-bond donors (Lipinski definition) is 1. The summed E-state index contributed by atoms with van der Waals surface area (Å²) in [7, 11) is 1.66. The molecule has 9 heteroatoms. The number of nitrogens with one attached hydrogen (secondary N) is 1. The van der Waals surface area contributed by atoms with Gasteiger partial charge in [-0.05, 0) is 18.2 Å². The number of fused-ring (bicyclic) bond motifs is 1. The molecule has 1 N–H and O–H groups in total. The van der Waals surface area contributed by atoms with Gasteiger partial charge in [0, 0.05) is 44.2 Å². The molecule has 1 amide bonds. The van der Waals surface area contributed by atoms with Gasteiger partial charge in [-0.25, -0.2) is 14.4 Å². The number of methoxy groups -OCH3 is 1. The molecule has 0 spiro atoms. The second-order valence-electron chi connectivity index (χ2n) is 8.00. The Morgan fingerprint density at radius 3 is 2.77 bits per heavy atom. The summed E-state index contributed by atoms with van der Waals surface area (Å²) in [6, 6.07) is 7.45. The third-order valence-electron chi connectivity index (χ3n) is 5.94. The summed E-state index contributed by atoms with van der Waals surface area (Å²) >= 11 is 0.